The first kappa shape index (κ1) is 18.2. The number of benzene rings is 1. The van der Waals surface area contributed by atoms with Crippen LogP contribution in [0.25, 0.3) is 6.08 Å². The maximum Gasteiger partial charge on any atom is 0.337 e. The van der Waals surface area contributed by atoms with E-state index >= 15 is 0 Å². The molecule has 1 fully saturated rings. The van der Waals surface area contributed by atoms with Gasteiger partial charge in [-0.15, -0.1) is 5.06 Å². The van der Waals surface area contributed by atoms with Crippen molar-refractivity contribution in [3.8, 4) is 0 Å². The van der Waals surface area contributed by atoms with Gasteiger partial charge in [0.2, 0.25) is 0 Å². The van der Waals surface area contributed by atoms with Gasteiger partial charge in [-0.1, -0.05) is 23.8 Å². The number of ether oxygens (including phenoxy) is 1. The lowest BCUT2D eigenvalue weighted by Crippen LogP contribution is -2.37. The van der Waals surface area contributed by atoms with E-state index in [1.807, 2.05) is 32.9 Å². The Morgan fingerprint density at radius 3 is 2.17 bits per heavy atom. The summed E-state index contributed by atoms with van der Waals surface area (Å²) in [5.74, 6) is -0.531. The normalized spacial score (nSPS) is 15.8. The molecule has 0 amide bonds. The highest BCUT2D eigenvalue weighted by Crippen LogP contribution is 2.22. The minimum absolute atomic E-state index is 0.201. The Labute approximate surface area is 143 Å². The summed E-state index contributed by atoms with van der Waals surface area (Å²) in [6, 6.07) is 7.34. The van der Waals surface area contributed by atoms with Gasteiger partial charge in [-0.25, -0.2) is 9.59 Å². The predicted molar refractivity (Wildman–Crippen MR) is 92.1 cm³/mol. The van der Waals surface area contributed by atoms with Crippen LogP contribution in [0.5, 0.6) is 0 Å². The molecule has 0 atom stereocenters. The van der Waals surface area contributed by atoms with Crippen molar-refractivity contribution in [1.29, 1.82) is 0 Å². The second-order valence-corrected chi connectivity index (χ2v) is 6.97. The summed E-state index contributed by atoms with van der Waals surface area (Å²) in [7, 11) is 1.37. The highest BCUT2D eigenvalue weighted by molar-refractivity contribution is 5.89. The summed E-state index contributed by atoms with van der Waals surface area (Å²) in [5.41, 5.74) is 2.42. The van der Waals surface area contributed by atoms with Crippen molar-refractivity contribution in [2.75, 3.05) is 20.2 Å². The van der Waals surface area contributed by atoms with Crippen molar-refractivity contribution in [1.82, 2.24) is 5.06 Å². The number of hydroxylamine groups is 2. The molecule has 0 unspecified atom stereocenters. The summed E-state index contributed by atoms with van der Waals surface area (Å²) < 4.78 is 4.69. The fourth-order valence-electron chi connectivity index (χ4n) is 2.33. The fraction of sp³-hybridized carbons (Fsp3) is 0.474. The molecule has 0 N–H and O–H groups in total. The van der Waals surface area contributed by atoms with Crippen LogP contribution in [0.4, 0.5) is 0 Å². The zero-order valence-electron chi connectivity index (χ0n) is 14.8. The van der Waals surface area contributed by atoms with Gasteiger partial charge in [0.15, 0.2) is 0 Å². The van der Waals surface area contributed by atoms with Crippen molar-refractivity contribution in [2.24, 2.45) is 5.41 Å². The van der Waals surface area contributed by atoms with Gasteiger partial charge in [0.05, 0.1) is 18.1 Å². The Morgan fingerprint density at radius 2 is 1.67 bits per heavy atom. The number of carbonyl (C=O) groups excluding carboxylic acids is 2. The lowest BCUT2D eigenvalue weighted by atomic mass is 9.97. The Hall–Kier alpha value is -2.14. The minimum atomic E-state index is -0.489. The zero-order valence-corrected chi connectivity index (χ0v) is 14.8. The zero-order chi connectivity index (χ0) is 17.7. The molecule has 0 radical (unpaired) electrons. The number of methoxy groups -OCH3 is 1. The van der Waals surface area contributed by atoms with Crippen molar-refractivity contribution in [3.63, 3.8) is 0 Å². The van der Waals surface area contributed by atoms with Crippen LogP contribution < -0.4 is 0 Å². The molecule has 1 aromatic carbocycles. The number of carbonyl (C=O) groups is 2. The van der Waals surface area contributed by atoms with Gasteiger partial charge >= 0.3 is 11.9 Å². The van der Waals surface area contributed by atoms with Crippen LogP contribution in [0.1, 0.15) is 49.5 Å². The van der Waals surface area contributed by atoms with Crippen molar-refractivity contribution in [2.45, 2.75) is 33.6 Å². The fourth-order valence-corrected chi connectivity index (χ4v) is 2.33. The summed E-state index contributed by atoms with van der Waals surface area (Å²) >= 11 is 0. The molecule has 5 nitrogen and oxygen atoms in total. The molecular formula is C19H25NO4. The van der Waals surface area contributed by atoms with Gasteiger partial charge in [0.1, 0.15) is 0 Å². The molecule has 1 aromatic rings. The van der Waals surface area contributed by atoms with Gasteiger partial charge in [-0.2, -0.15) is 0 Å². The SMILES string of the molecule is COC(=O)c1ccc(C=C2CCN(OC(=O)C(C)(C)C)CC2)cc1. The Bertz CT molecular complexity index is 616. The summed E-state index contributed by atoms with van der Waals surface area (Å²) in [6.07, 6.45) is 3.84. The highest BCUT2D eigenvalue weighted by atomic mass is 16.7. The van der Waals surface area contributed by atoms with Crippen LogP contribution in [0.3, 0.4) is 0 Å². The first-order valence-corrected chi connectivity index (χ1v) is 8.15. The van der Waals surface area contributed by atoms with Crippen LogP contribution in [0.15, 0.2) is 29.8 Å². The third-order valence-corrected chi connectivity index (χ3v) is 3.89. The smallest absolute Gasteiger partial charge is 0.337 e. The van der Waals surface area contributed by atoms with Crippen LogP contribution in [0.2, 0.25) is 0 Å². The first-order valence-electron chi connectivity index (χ1n) is 8.15. The number of rotatable bonds is 3. The molecule has 1 saturated heterocycles. The Kier molecular flexibility index (Phi) is 5.78. The van der Waals surface area contributed by atoms with E-state index in [1.54, 1.807) is 17.2 Å². The summed E-state index contributed by atoms with van der Waals surface area (Å²) in [5, 5.41) is 1.74. The van der Waals surface area contributed by atoms with E-state index in [0.29, 0.717) is 18.7 Å². The molecule has 1 heterocycles. The Balaban J connectivity index is 1.91. The molecule has 0 saturated carbocycles. The predicted octanol–water partition coefficient (Wildman–Crippen LogP) is 3.46. The number of nitrogens with zero attached hydrogens (tertiary/aromatic N) is 1. The topological polar surface area (TPSA) is 55.8 Å². The van der Waals surface area contributed by atoms with Gasteiger partial charge in [0.25, 0.3) is 0 Å². The van der Waals surface area contributed by atoms with Crippen LogP contribution in [0, 0.1) is 5.41 Å². The summed E-state index contributed by atoms with van der Waals surface area (Å²) in [4.78, 5) is 28.8. The second kappa shape index (κ2) is 7.62. The van der Waals surface area contributed by atoms with E-state index in [2.05, 4.69) is 6.08 Å². The molecule has 1 aliphatic heterocycles. The third kappa shape index (κ3) is 4.93. The van der Waals surface area contributed by atoms with E-state index in [4.69, 9.17) is 9.57 Å². The van der Waals surface area contributed by atoms with Gasteiger partial charge in [-0.3, -0.25) is 0 Å². The van der Waals surface area contributed by atoms with E-state index in [0.717, 1.165) is 18.4 Å². The van der Waals surface area contributed by atoms with E-state index in [1.165, 1.54) is 12.7 Å². The standard InChI is InChI=1S/C19H25NO4/c1-19(2,3)18(22)24-20-11-9-15(10-12-20)13-14-5-7-16(8-6-14)17(21)23-4/h5-8,13H,9-12H2,1-4H3. The number of piperidine rings is 1. The highest BCUT2D eigenvalue weighted by Gasteiger charge is 2.27. The largest absolute Gasteiger partial charge is 0.465 e. The average molecular weight is 331 g/mol. The molecule has 0 bridgehead atoms. The first-order chi connectivity index (χ1) is 11.3. The van der Waals surface area contributed by atoms with E-state index in [-0.39, 0.29) is 11.9 Å². The van der Waals surface area contributed by atoms with E-state index in [9.17, 15) is 9.59 Å². The maximum atomic E-state index is 11.9. The number of hydrogen-bond donors (Lipinski definition) is 0. The molecule has 1 aliphatic rings. The maximum absolute atomic E-state index is 11.9. The van der Waals surface area contributed by atoms with Crippen molar-refractivity contribution >= 4 is 18.0 Å². The van der Waals surface area contributed by atoms with Gasteiger partial charge in [0, 0.05) is 13.1 Å². The molecule has 0 aliphatic carbocycles. The van der Waals surface area contributed by atoms with Gasteiger partial charge in [-0.05, 0) is 51.3 Å². The van der Waals surface area contributed by atoms with Crippen molar-refractivity contribution < 1.29 is 19.2 Å². The average Bonchev–Trinajstić information content (AvgIpc) is 2.55. The third-order valence-electron chi connectivity index (χ3n) is 3.89. The molecule has 2 rings (SSSR count). The Morgan fingerprint density at radius 1 is 1.08 bits per heavy atom. The number of hydrogen-bond acceptors (Lipinski definition) is 5. The molecule has 130 valence electrons. The molecule has 0 aromatic heterocycles. The lowest BCUT2D eigenvalue weighted by molar-refractivity contribution is -0.202. The van der Waals surface area contributed by atoms with Crippen molar-refractivity contribution in [3.05, 3.63) is 41.0 Å². The van der Waals surface area contributed by atoms with Crippen LogP contribution >= 0.6 is 0 Å². The van der Waals surface area contributed by atoms with Crippen LogP contribution in [-0.4, -0.2) is 37.2 Å². The van der Waals surface area contributed by atoms with E-state index < -0.39 is 5.41 Å². The van der Waals surface area contributed by atoms with Gasteiger partial charge < -0.3 is 9.57 Å². The lowest BCUT2D eigenvalue weighted by Gasteiger charge is -2.29. The molecular weight excluding hydrogens is 306 g/mol. The minimum Gasteiger partial charge on any atom is -0.465 e. The molecule has 0 spiro atoms. The number of esters is 1. The summed E-state index contributed by atoms with van der Waals surface area (Å²) in [6.45, 7) is 6.95. The molecule has 5 heteroatoms. The quantitative estimate of drug-likeness (QED) is 0.794. The monoisotopic (exact) mass is 331 g/mol. The molecule has 24 heavy (non-hydrogen) atoms. The van der Waals surface area contributed by atoms with Crippen LogP contribution in [-0.2, 0) is 14.4 Å². The second-order valence-electron chi connectivity index (χ2n) is 6.97.